The average molecular weight is 557 g/mol. The molecule has 0 rings (SSSR count). The molecule has 2 N–H and O–H groups in total. The van der Waals surface area contributed by atoms with Crippen LogP contribution in [0.5, 0.6) is 0 Å². The van der Waals surface area contributed by atoms with Crippen LogP contribution in [0.4, 0.5) is 26.3 Å². The van der Waals surface area contributed by atoms with Crippen molar-refractivity contribution in [2.75, 3.05) is 52.4 Å². The molecule has 0 aliphatic rings. The highest BCUT2D eigenvalue weighted by Gasteiger charge is 2.34. The van der Waals surface area contributed by atoms with Gasteiger partial charge in [-0.1, -0.05) is 0 Å². The van der Waals surface area contributed by atoms with E-state index in [9.17, 15) is 43.9 Å². The summed E-state index contributed by atoms with van der Waals surface area (Å²) in [5.74, 6) is 0. The molecule has 0 aromatic heterocycles. The number of quaternary nitrogens is 2. The molecule has 0 aromatic rings. The van der Waals surface area contributed by atoms with Gasteiger partial charge in [-0.25, -0.2) is 0 Å². The number of halogens is 6. The lowest BCUT2D eigenvalue weighted by atomic mass is 10.3. The number of nitrogens with one attached hydrogen (secondary N) is 2. The van der Waals surface area contributed by atoms with Crippen LogP contribution in [-0.4, -0.2) is 89.9 Å². The smallest absolute Gasteiger partial charge is 0.466 e. The van der Waals surface area contributed by atoms with E-state index in [1.165, 1.54) is 61.3 Å². The van der Waals surface area contributed by atoms with Gasteiger partial charge in [0, 0.05) is 0 Å². The van der Waals surface area contributed by atoms with E-state index in [-0.39, 0.29) is 0 Å². The Bertz CT molecular complexity index is 623. The molecule has 0 aromatic carbocycles. The van der Waals surface area contributed by atoms with Crippen molar-refractivity contribution in [1.29, 1.82) is 9.56 Å². The van der Waals surface area contributed by atoms with Crippen LogP contribution in [0.25, 0.3) is 0 Å². The van der Waals surface area contributed by atoms with Crippen LogP contribution in [0.1, 0.15) is 55.4 Å². The molecule has 0 bridgehead atoms. The summed E-state index contributed by atoms with van der Waals surface area (Å²) in [4.78, 5) is 0. The minimum atomic E-state index is -5.59. The van der Waals surface area contributed by atoms with Crippen LogP contribution in [0, 0.1) is 9.56 Å². The van der Waals surface area contributed by atoms with Crippen molar-refractivity contribution >= 4 is 20.0 Å². The first-order valence-corrected chi connectivity index (χ1v) is 13.8. The summed E-state index contributed by atoms with van der Waals surface area (Å²) in [6.07, 6.45) is 0. The molecule has 212 valence electrons. The van der Waals surface area contributed by atoms with Gasteiger partial charge in [0.25, 0.3) is 0 Å². The fourth-order valence-electron chi connectivity index (χ4n) is 2.68. The molecule has 0 spiro atoms. The predicted molar refractivity (Wildman–Crippen MR) is 120 cm³/mol. The maximum atomic E-state index is 10.8. The third-order valence-corrected chi connectivity index (χ3v) is 7.19. The lowest BCUT2D eigenvalue weighted by Crippen LogP contribution is -2.47. The van der Waals surface area contributed by atoms with Gasteiger partial charge in [-0.05, 0) is 55.4 Å². The molecule has 0 saturated carbocycles. The molecule has 34 heavy (non-hydrogen) atoms. The summed E-state index contributed by atoms with van der Waals surface area (Å²) in [6.45, 7) is 28.4. The van der Waals surface area contributed by atoms with Gasteiger partial charge >= 0.3 is 11.0 Å². The Balaban J connectivity index is -0.000000177. The minimum Gasteiger partial charge on any atom is -0.758 e. The van der Waals surface area contributed by atoms with Crippen molar-refractivity contribution in [3.05, 3.63) is 0 Å². The normalized spacial score (nSPS) is 15.8. The zero-order valence-corrected chi connectivity index (χ0v) is 22.9. The number of nitrogens with zero attached hydrogens (tertiary/aromatic N) is 2. The van der Waals surface area contributed by atoms with Gasteiger partial charge in [0.1, 0.15) is 0 Å². The van der Waals surface area contributed by atoms with Crippen molar-refractivity contribution in [1.82, 2.24) is 0 Å². The Hall–Kier alpha value is -0.680. The Morgan fingerprint density at radius 1 is 0.529 bits per heavy atom. The monoisotopic (exact) mass is 556 g/mol. The SMILES string of the molecule is CC[N+](CC)(CC)CC.CC[N+](CC)(CC)CC.N=S(=O)([O-])C(F)(F)F.N=S(=O)([O-])C(F)(F)F. The zero-order valence-electron chi connectivity index (χ0n) is 21.3. The van der Waals surface area contributed by atoms with E-state index in [0.717, 1.165) is 0 Å². The summed E-state index contributed by atoms with van der Waals surface area (Å²) in [5.41, 5.74) is -10.8. The van der Waals surface area contributed by atoms with Crippen LogP contribution in [-0.2, 0) is 20.0 Å². The van der Waals surface area contributed by atoms with Gasteiger partial charge in [-0.15, -0.1) is 0 Å². The Labute approximate surface area is 201 Å². The fourth-order valence-corrected chi connectivity index (χ4v) is 2.68. The highest BCUT2D eigenvalue weighted by atomic mass is 32.2. The van der Waals surface area contributed by atoms with E-state index in [0.29, 0.717) is 0 Å². The van der Waals surface area contributed by atoms with E-state index < -0.39 is 31.0 Å². The summed E-state index contributed by atoms with van der Waals surface area (Å²) in [7, 11) is -11.2. The molecular weight excluding hydrogens is 514 g/mol. The maximum absolute atomic E-state index is 10.8. The molecule has 0 aliphatic carbocycles. The number of rotatable bonds is 8. The van der Waals surface area contributed by atoms with Crippen molar-refractivity contribution in [3.63, 3.8) is 0 Å². The summed E-state index contributed by atoms with van der Waals surface area (Å²) in [6, 6.07) is 0. The van der Waals surface area contributed by atoms with E-state index in [1.807, 2.05) is 0 Å². The summed E-state index contributed by atoms with van der Waals surface area (Å²) in [5, 5.41) is 0. The lowest BCUT2D eigenvalue weighted by Gasteiger charge is -2.34. The van der Waals surface area contributed by atoms with Crippen LogP contribution in [0.15, 0.2) is 0 Å². The van der Waals surface area contributed by atoms with Crippen LogP contribution >= 0.6 is 0 Å². The molecule has 0 fully saturated rings. The Morgan fingerprint density at radius 3 is 0.618 bits per heavy atom. The first-order chi connectivity index (χ1) is 15.0. The van der Waals surface area contributed by atoms with E-state index >= 15 is 0 Å². The van der Waals surface area contributed by atoms with Crippen LogP contribution < -0.4 is 0 Å². The molecule has 0 heterocycles. The van der Waals surface area contributed by atoms with E-state index in [2.05, 4.69) is 55.4 Å². The third-order valence-electron chi connectivity index (χ3n) is 5.98. The highest BCUT2D eigenvalue weighted by molar-refractivity contribution is 7.87. The molecule has 16 heteroatoms. The molecule has 2 atom stereocenters. The number of hydrogen-bond donors (Lipinski definition) is 2. The van der Waals surface area contributed by atoms with Gasteiger partial charge in [-0.3, -0.25) is 18.0 Å². The second-order valence-corrected chi connectivity index (χ2v) is 10.1. The minimum absolute atomic E-state index is 1.28. The summed E-state index contributed by atoms with van der Waals surface area (Å²) >= 11 is 0. The van der Waals surface area contributed by atoms with Gasteiger partial charge in [0.2, 0.25) is 0 Å². The van der Waals surface area contributed by atoms with Crippen molar-refractivity contribution in [2.24, 2.45) is 0 Å². The van der Waals surface area contributed by atoms with Crippen molar-refractivity contribution in [2.45, 2.75) is 66.4 Å². The van der Waals surface area contributed by atoms with Gasteiger partial charge in [-0.2, -0.15) is 26.3 Å². The predicted octanol–water partition coefficient (Wildman–Crippen LogP) is 5.13. The zero-order chi connectivity index (χ0) is 28.7. The van der Waals surface area contributed by atoms with Crippen LogP contribution in [0.3, 0.4) is 0 Å². The quantitative estimate of drug-likeness (QED) is 0.317. The van der Waals surface area contributed by atoms with Crippen molar-refractivity contribution < 1.29 is 52.8 Å². The number of hydrogen-bond acceptors (Lipinski definition) is 6. The van der Waals surface area contributed by atoms with Gasteiger partial charge in [0.15, 0.2) is 0 Å². The fraction of sp³-hybridized carbons (Fsp3) is 1.00. The first-order valence-electron chi connectivity index (χ1n) is 10.8. The highest BCUT2D eigenvalue weighted by Crippen LogP contribution is 2.21. The van der Waals surface area contributed by atoms with Gasteiger partial charge < -0.3 is 18.1 Å². The lowest BCUT2D eigenvalue weighted by molar-refractivity contribution is -0.921. The van der Waals surface area contributed by atoms with E-state index in [4.69, 9.17) is 9.56 Å². The maximum Gasteiger partial charge on any atom is 0.466 e. The molecule has 0 saturated heterocycles. The van der Waals surface area contributed by atoms with Gasteiger partial charge in [0.05, 0.1) is 72.4 Å². The first kappa shape index (κ1) is 40.5. The van der Waals surface area contributed by atoms with Crippen molar-refractivity contribution in [3.8, 4) is 0 Å². The topological polar surface area (TPSA) is 128 Å². The number of alkyl halides is 6. The largest absolute Gasteiger partial charge is 0.758 e. The molecule has 0 amide bonds. The third kappa shape index (κ3) is 16.9. The standard InChI is InChI=1S/2C8H20N.2CH2F3NO2S/c2*1-5-9(6-2,7-3)8-4;2*2-1(3,4)8(5,6)7/h2*5-8H2,1-4H3;2*(H2,5,6,7)/q2*+1;;/p-2. The second-order valence-electron chi connectivity index (χ2n) is 7.11. The molecule has 0 radical (unpaired) electrons. The summed E-state index contributed by atoms with van der Waals surface area (Å²) < 4.78 is 115. The Kier molecular flexibility index (Phi) is 20.1. The van der Waals surface area contributed by atoms with E-state index in [1.54, 1.807) is 0 Å². The van der Waals surface area contributed by atoms with Crippen LogP contribution in [0.2, 0.25) is 0 Å². The molecular formula is C18H42F6N4O4S2. The Morgan fingerprint density at radius 2 is 0.618 bits per heavy atom. The molecule has 8 nitrogen and oxygen atoms in total. The average Bonchev–Trinajstić information content (AvgIpc) is 2.71. The second kappa shape index (κ2) is 16.9. The molecule has 2 unspecified atom stereocenters. The molecule has 0 aliphatic heterocycles.